The van der Waals surface area contributed by atoms with E-state index in [-0.39, 0.29) is 17.5 Å². The van der Waals surface area contributed by atoms with Gasteiger partial charge in [0, 0.05) is 44.8 Å². The second-order valence-corrected chi connectivity index (χ2v) is 5.97. The van der Waals surface area contributed by atoms with Crippen LogP contribution < -0.4 is 0 Å². The molecule has 0 N–H and O–H groups in total. The van der Waals surface area contributed by atoms with E-state index in [4.69, 9.17) is 0 Å². The maximum atomic E-state index is 13.8. The van der Waals surface area contributed by atoms with Crippen LogP contribution >= 0.6 is 0 Å². The molecule has 1 aliphatic rings. The number of aromatic nitrogens is 2. The number of hydrogen-bond acceptors (Lipinski definition) is 4. The van der Waals surface area contributed by atoms with E-state index in [0.717, 1.165) is 25.2 Å². The Morgan fingerprint density at radius 2 is 2.00 bits per heavy atom. The average molecular weight is 328 g/mol. The lowest BCUT2D eigenvalue weighted by atomic mass is 10.2. The predicted molar refractivity (Wildman–Crippen MR) is 88.9 cm³/mol. The van der Waals surface area contributed by atoms with Crippen molar-refractivity contribution in [2.75, 3.05) is 26.2 Å². The summed E-state index contributed by atoms with van der Waals surface area (Å²) in [7, 11) is 0. The molecule has 6 heteroatoms. The summed E-state index contributed by atoms with van der Waals surface area (Å²) < 4.78 is 13.8. The third-order valence-corrected chi connectivity index (χ3v) is 4.48. The van der Waals surface area contributed by atoms with Crippen molar-refractivity contribution in [3.05, 3.63) is 59.9 Å². The van der Waals surface area contributed by atoms with Gasteiger partial charge in [0.15, 0.2) is 0 Å². The number of hydrogen-bond donors (Lipinski definition) is 0. The number of halogens is 1. The molecule has 2 aromatic rings. The minimum absolute atomic E-state index is 0.141. The summed E-state index contributed by atoms with van der Waals surface area (Å²) in [6.45, 7) is 4.92. The summed E-state index contributed by atoms with van der Waals surface area (Å²) in [6, 6.07) is 6.30. The Morgan fingerprint density at radius 1 is 1.17 bits per heavy atom. The molecule has 1 aromatic carbocycles. The minimum Gasteiger partial charge on any atom is -0.337 e. The van der Waals surface area contributed by atoms with Crippen LogP contribution in [0.25, 0.3) is 0 Å². The quantitative estimate of drug-likeness (QED) is 0.869. The molecule has 2 heterocycles. The van der Waals surface area contributed by atoms with Gasteiger partial charge in [-0.1, -0.05) is 12.1 Å². The van der Waals surface area contributed by atoms with Crippen LogP contribution in [0.1, 0.15) is 35.4 Å². The van der Waals surface area contributed by atoms with Gasteiger partial charge in [0.25, 0.3) is 5.91 Å². The molecule has 0 saturated carbocycles. The molecule has 1 unspecified atom stereocenters. The van der Waals surface area contributed by atoms with Crippen LogP contribution in [0.3, 0.4) is 0 Å². The van der Waals surface area contributed by atoms with Crippen molar-refractivity contribution < 1.29 is 9.18 Å². The summed E-state index contributed by atoms with van der Waals surface area (Å²) in [4.78, 5) is 25.1. The van der Waals surface area contributed by atoms with Crippen LogP contribution in [-0.2, 0) is 0 Å². The fraction of sp³-hybridized carbons (Fsp3) is 0.389. The highest BCUT2D eigenvalue weighted by Crippen LogP contribution is 2.20. The van der Waals surface area contributed by atoms with Crippen LogP contribution in [0.15, 0.2) is 42.9 Å². The molecule has 0 bridgehead atoms. The summed E-state index contributed by atoms with van der Waals surface area (Å²) in [5.41, 5.74) is 1.07. The Labute approximate surface area is 141 Å². The Bertz CT molecular complexity index is 694. The largest absolute Gasteiger partial charge is 0.337 e. The minimum atomic E-state index is -0.462. The standard InChI is InChI=1S/C18H21FN4O/c1-14(17-13-20-7-8-21-17)22-9-4-10-23(12-11-22)18(24)15-5-2-3-6-16(15)19/h2-3,5-8,13-14H,4,9-12H2,1H3. The first kappa shape index (κ1) is 16.5. The highest BCUT2D eigenvalue weighted by Gasteiger charge is 2.25. The Balaban J connectivity index is 1.67. The molecule has 1 amide bonds. The van der Waals surface area contributed by atoms with E-state index in [1.807, 2.05) is 0 Å². The van der Waals surface area contributed by atoms with Crippen LogP contribution in [0.2, 0.25) is 0 Å². The second-order valence-electron chi connectivity index (χ2n) is 5.97. The molecule has 5 nitrogen and oxygen atoms in total. The van der Waals surface area contributed by atoms with Crippen molar-refractivity contribution in [2.24, 2.45) is 0 Å². The van der Waals surface area contributed by atoms with Crippen LogP contribution in [0, 0.1) is 5.82 Å². The molecule has 0 aliphatic carbocycles. The number of nitrogens with zero attached hydrogens (tertiary/aromatic N) is 4. The van der Waals surface area contributed by atoms with Crippen molar-refractivity contribution in [1.29, 1.82) is 0 Å². The first-order chi connectivity index (χ1) is 11.7. The maximum absolute atomic E-state index is 13.8. The Morgan fingerprint density at radius 3 is 2.75 bits per heavy atom. The number of amides is 1. The number of benzene rings is 1. The van der Waals surface area contributed by atoms with Gasteiger partial charge in [-0.05, 0) is 25.5 Å². The molecule has 1 atom stereocenters. The first-order valence-electron chi connectivity index (χ1n) is 8.20. The van der Waals surface area contributed by atoms with Crippen molar-refractivity contribution in [3.63, 3.8) is 0 Å². The van der Waals surface area contributed by atoms with Gasteiger partial charge in [0.05, 0.1) is 17.3 Å². The van der Waals surface area contributed by atoms with E-state index in [9.17, 15) is 9.18 Å². The van der Waals surface area contributed by atoms with Gasteiger partial charge in [-0.25, -0.2) is 4.39 Å². The summed E-state index contributed by atoms with van der Waals surface area (Å²) in [6.07, 6.45) is 5.98. The molecule has 0 spiro atoms. The van der Waals surface area contributed by atoms with Crippen molar-refractivity contribution in [2.45, 2.75) is 19.4 Å². The molecule has 1 fully saturated rings. The lowest BCUT2D eigenvalue weighted by Crippen LogP contribution is -2.36. The van der Waals surface area contributed by atoms with E-state index in [1.165, 1.54) is 6.07 Å². The SMILES string of the molecule is CC(c1cnccn1)N1CCCN(C(=O)c2ccccc2F)CC1. The Hall–Kier alpha value is -2.34. The third-order valence-electron chi connectivity index (χ3n) is 4.48. The van der Waals surface area contributed by atoms with Crippen LogP contribution in [-0.4, -0.2) is 51.9 Å². The van der Waals surface area contributed by atoms with E-state index < -0.39 is 5.82 Å². The molecule has 1 saturated heterocycles. The number of carbonyl (C=O) groups excluding carboxylic acids is 1. The third kappa shape index (κ3) is 3.59. The van der Waals surface area contributed by atoms with Gasteiger partial charge in [0.2, 0.25) is 0 Å². The zero-order valence-electron chi connectivity index (χ0n) is 13.7. The second kappa shape index (κ2) is 7.49. The first-order valence-corrected chi connectivity index (χ1v) is 8.20. The van der Waals surface area contributed by atoms with Crippen LogP contribution in [0.4, 0.5) is 4.39 Å². The Kier molecular flexibility index (Phi) is 5.15. The summed E-state index contributed by atoms with van der Waals surface area (Å²) in [5, 5.41) is 0. The van der Waals surface area contributed by atoms with Gasteiger partial charge in [-0.3, -0.25) is 19.7 Å². The number of carbonyl (C=O) groups is 1. The lowest BCUT2D eigenvalue weighted by molar-refractivity contribution is 0.0754. The van der Waals surface area contributed by atoms with Crippen LogP contribution in [0.5, 0.6) is 0 Å². The van der Waals surface area contributed by atoms with E-state index in [2.05, 4.69) is 21.8 Å². The molecule has 1 aromatic heterocycles. The highest BCUT2D eigenvalue weighted by molar-refractivity contribution is 5.94. The molecule has 1 aliphatic heterocycles. The monoisotopic (exact) mass is 328 g/mol. The maximum Gasteiger partial charge on any atom is 0.256 e. The van der Waals surface area contributed by atoms with E-state index >= 15 is 0 Å². The predicted octanol–water partition coefficient (Wildman–Crippen LogP) is 2.52. The fourth-order valence-electron chi connectivity index (χ4n) is 3.05. The van der Waals surface area contributed by atoms with Gasteiger partial charge in [-0.15, -0.1) is 0 Å². The van der Waals surface area contributed by atoms with E-state index in [0.29, 0.717) is 13.1 Å². The van der Waals surface area contributed by atoms with Gasteiger partial charge in [0.1, 0.15) is 5.82 Å². The molecule has 3 rings (SSSR count). The molecule has 24 heavy (non-hydrogen) atoms. The zero-order chi connectivity index (χ0) is 16.9. The topological polar surface area (TPSA) is 49.3 Å². The molecule has 0 radical (unpaired) electrons. The van der Waals surface area contributed by atoms with Gasteiger partial charge < -0.3 is 4.90 Å². The zero-order valence-corrected chi connectivity index (χ0v) is 13.7. The summed E-state index contributed by atoms with van der Waals surface area (Å²) in [5.74, 6) is -0.696. The van der Waals surface area contributed by atoms with Gasteiger partial charge in [-0.2, -0.15) is 0 Å². The number of rotatable bonds is 3. The molecular formula is C18H21FN4O. The van der Waals surface area contributed by atoms with Crippen molar-refractivity contribution in [1.82, 2.24) is 19.8 Å². The fourth-order valence-corrected chi connectivity index (χ4v) is 3.05. The molecular weight excluding hydrogens is 307 g/mol. The van der Waals surface area contributed by atoms with E-state index in [1.54, 1.807) is 41.7 Å². The average Bonchev–Trinajstić information content (AvgIpc) is 2.88. The highest BCUT2D eigenvalue weighted by atomic mass is 19.1. The van der Waals surface area contributed by atoms with Crippen molar-refractivity contribution in [3.8, 4) is 0 Å². The smallest absolute Gasteiger partial charge is 0.256 e. The molecule has 126 valence electrons. The summed E-state index contributed by atoms with van der Waals surface area (Å²) >= 11 is 0. The van der Waals surface area contributed by atoms with Gasteiger partial charge >= 0.3 is 0 Å². The van der Waals surface area contributed by atoms with Crippen molar-refractivity contribution >= 4 is 5.91 Å². The normalized spacial score (nSPS) is 17.3. The lowest BCUT2D eigenvalue weighted by Gasteiger charge is -2.27.